The molecule has 0 unspecified atom stereocenters. The van der Waals surface area contributed by atoms with Crippen LogP contribution in [0.15, 0.2) is 78.9 Å². The van der Waals surface area contributed by atoms with Crippen LogP contribution < -0.4 is 15.4 Å². The summed E-state index contributed by atoms with van der Waals surface area (Å²) in [6, 6.07) is 25.3. The van der Waals surface area contributed by atoms with E-state index < -0.39 is 0 Å². The molecule has 0 saturated carbocycles. The smallest absolute Gasteiger partial charge is 0.239 e. The second kappa shape index (κ2) is 10.4. The van der Waals surface area contributed by atoms with E-state index in [9.17, 15) is 4.79 Å². The normalized spacial score (nSPS) is 10.3. The number of ether oxygens (including phenoxy) is 1. The molecule has 0 aliphatic rings. The van der Waals surface area contributed by atoms with E-state index in [2.05, 4.69) is 10.6 Å². The van der Waals surface area contributed by atoms with Crippen LogP contribution in [0.3, 0.4) is 0 Å². The van der Waals surface area contributed by atoms with Crippen LogP contribution in [-0.4, -0.2) is 19.0 Å². The largest absolute Gasteiger partial charge is 0.489 e. The summed E-state index contributed by atoms with van der Waals surface area (Å²) in [6.07, 6.45) is 0.750. The van der Waals surface area contributed by atoms with Crippen LogP contribution in [0, 0.1) is 0 Å². The molecule has 0 aliphatic carbocycles. The maximum absolute atomic E-state index is 12.0. The van der Waals surface area contributed by atoms with E-state index in [0.717, 1.165) is 29.0 Å². The maximum Gasteiger partial charge on any atom is 0.239 e. The van der Waals surface area contributed by atoms with Crippen molar-refractivity contribution in [3.63, 3.8) is 0 Å². The van der Waals surface area contributed by atoms with Crippen molar-refractivity contribution < 1.29 is 9.53 Å². The molecule has 0 heterocycles. The van der Waals surface area contributed by atoms with Gasteiger partial charge in [-0.25, -0.2) is 0 Å². The van der Waals surface area contributed by atoms with Gasteiger partial charge in [0.15, 0.2) is 0 Å². The van der Waals surface area contributed by atoms with Gasteiger partial charge in [0, 0.05) is 17.3 Å². The number of hydrogen-bond donors (Lipinski definition) is 2. The highest BCUT2D eigenvalue weighted by atomic mass is 35.5. The lowest BCUT2D eigenvalue weighted by Gasteiger charge is -2.10. The lowest BCUT2D eigenvalue weighted by atomic mass is 10.1. The van der Waals surface area contributed by atoms with Gasteiger partial charge in [-0.1, -0.05) is 54.1 Å². The molecular weight excluding hydrogens is 372 g/mol. The quantitative estimate of drug-likeness (QED) is 0.553. The minimum Gasteiger partial charge on any atom is -0.489 e. The SMILES string of the molecule is O=C(CNc1ccc(OCc2ccccc2)cc1)NCCc1cccc(Cl)c1. The van der Waals surface area contributed by atoms with Crippen molar-refractivity contribution in [3.05, 3.63) is 95.0 Å². The third-order valence-corrected chi connectivity index (χ3v) is 4.42. The van der Waals surface area contributed by atoms with Crippen molar-refractivity contribution in [3.8, 4) is 5.75 Å². The first-order chi connectivity index (χ1) is 13.7. The zero-order valence-corrected chi connectivity index (χ0v) is 16.3. The Hall–Kier alpha value is -2.98. The number of amides is 1. The molecule has 0 radical (unpaired) electrons. The number of anilines is 1. The van der Waals surface area contributed by atoms with Gasteiger partial charge in [0.05, 0.1) is 6.54 Å². The summed E-state index contributed by atoms with van der Waals surface area (Å²) in [4.78, 5) is 12.0. The molecule has 0 aromatic heterocycles. The van der Waals surface area contributed by atoms with Gasteiger partial charge < -0.3 is 15.4 Å². The first-order valence-electron chi connectivity index (χ1n) is 9.21. The molecule has 1 amide bonds. The van der Waals surface area contributed by atoms with Gasteiger partial charge >= 0.3 is 0 Å². The monoisotopic (exact) mass is 394 g/mol. The predicted octanol–water partition coefficient (Wildman–Crippen LogP) is 4.69. The number of carbonyl (C=O) groups is 1. The molecule has 3 aromatic rings. The van der Waals surface area contributed by atoms with Crippen LogP contribution in [-0.2, 0) is 17.8 Å². The summed E-state index contributed by atoms with van der Waals surface area (Å²) in [7, 11) is 0. The van der Waals surface area contributed by atoms with Crippen LogP contribution in [0.25, 0.3) is 0 Å². The summed E-state index contributed by atoms with van der Waals surface area (Å²) in [5.74, 6) is 0.742. The average molecular weight is 395 g/mol. The van der Waals surface area contributed by atoms with Gasteiger partial charge in [-0.2, -0.15) is 0 Å². The Morgan fingerprint density at radius 1 is 0.893 bits per heavy atom. The van der Waals surface area contributed by atoms with Crippen LogP contribution in [0.4, 0.5) is 5.69 Å². The lowest BCUT2D eigenvalue weighted by Crippen LogP contribution is -2.31. The molecule has 4 nitrogen and oxygen atoms in total. The van der Waals surface area contributed by atoms with E-state index in [1.807, 2.05) is 78.9 Å². The fourth-order valence-electron chi connectivity index (χ4n) is 2.69. The molecule has 3 rings (SSSR count). The van der Waals surface area contributed by atoms with Gasteiger partial charge in [-0.3, -0.25) is 4.79 Å². The Balaban J connectivity index is 1.36. The summed E-state index contributed by atoms with van der Waals surface area (Å²) < 4.78 is 5.76. The minimum absolute atomic E-state index is 0.0496. The van der Waals surface area contributed by atoms with Crippen molar-refractivity contribution in [2.45, 2.75) is 13.0 Å². The van der Waals surface area contributed by atoms with Crippen LogP contribution >= 0.6 is 11.6 Å². The van der Waals surface area contributed by atoms with Gasteiger partial charge in [0.25, 0.3) is 0 Å². The molecule has 3 aromatic carbocycles. The Labute approximate surface area is 170 Å². The standard InChI is InChI=1S/C23H23ClN2O2/c24-20-8-4-7-18(15-20)13-14-25-23(27)16-26-21-9-11-22(12-10-21)28-17-19-5-2-1-3-6-19/h1-12,15,26H,13-14,16-17H2,(H,25,27). The highest BCUT2D eigenvalue weighted by Crippen LogP contribution is 2.17. The highest BCUT2D eigenvalue weighted by molar-refractivity contribution is 6.30. The summed E-state index contributed by atoms with van der Waals surface area (Å²) in [5, 5.41) is 6.73. The third-order valence-electron chi connectivity index (χ3n) is 4.18. The molecule has 0 atom stereocenters. The number of halogens is 1. The number of rotatable bonds is 9. The van der Waals surface area contributed by atoms with Crippen LogP contribution in [0.2, 0.25) is 5.02 Å². The van der Waals surface area contributed by atoms with Crippen LogP contribution in [0.5, 0.6) is 5.75 Å². The van der Waals surface area contributed by atoms with Gasteiger partial charge in [-0.05, 0) is 53.9 Å². The molecule has 28 heavy (non-hydrogen) atoms. The molecule has 0 spiro atoms. The molecule has 0 fully saturated rings. The fraction of sp³-hybridized carbons (Fsp3) is 0.174. The topological polar surface area (TPSA) is 50.4 Å². The first kappa shape index (κ1) is 19.8. The Bertz CT molecular complexity index is 883. The average Bonchev–Trinajstić information content (AvgIpc) is 2.72. The molecule has 0 saturated heterocycles. The second-order valence-corrected chi connectivity index (χ2v) is 6.82. The Morgan fingerprint density at radius 3 is 2.39 bits per heavy atom. The van der Waals surface area contributed by atoms with Crippen molar-refractivity contribution >= 4 is 23.2 Å². The third kappa shape index (κ3) is 6.63. The van der Waals surface area contributed by atoms with E-state index in [0.29, 0.717) is 18.2 Å². The van der Waals surface area contributed by atoms with Crippen molar-refractivity contribution in [2.75, 3.05) is 18.4 Å². The van der Waals surface area contributed by atoms with Gasteiger partial charge in [0.1, 0.15) is 12.4 Å². The molecule has 0 bridgehead atoms. The number of hydrogen-bond acceptors (Lipinski definition) is 3. The Morgan fingerprint density at radius 2 is 1.64 bits per heavy atom. The molecule has 5 heteroatoms. The zero-order valence-electron chi connectivity index (χ0n) is 15.5. The van der Waals surface area contributed by atoms with E-state index >= 15 is 0 Å². The number of benzene rings is 3. The maximum atomic E-state index is 12.0. The lowest BCUT2D eigenvalue weighted by molar-refractivity contribution is -0.119. The predicted molar refractivity (Wildman–Crippen MR) is 114 cm³/mol. The second-order valence-electron chi connectivity index (χ2n) is 6.38. The van der Waals surface area contributed by atoms with E-state index in [-0.39, 0.29) is 12.5 Å². The number of nitrogens with one attached hydrogen (secondary N) is 2. The first-order valence-corrected chi connectivity index (χ1v) is 9.59. The molecule has 2 N–H and O–H groups in total. The van der Waals surface area contributed by atoms with E-state index in [1.165, 1.54) is 0 Å². The molecular formula is C23H23ClN2O2. The minimum atomic E-state index is -0.0496. The van der Waals surface area contributed by atoms with Crippen molar-refractivity contribution in [1.29, 1.82) is 0 Å². The fourth-order valence-corrected chi connectivity index (χ4v) is 2.91. The van der Waals surface area contributed by atoms with Crippen LogP contribution in [0.1, 0.15) is 11.1 Å². The summed E-state index contributed by atoms with van der Waals surface area (Å²) >= 11 is 5.96. The highest BCUT2D eigenvalue weighted by Gasteiger charge is 2.02. The van der Waals surface area contributed by atoms with Gasteiger partial charge in [-0.15, -0.1) is 0 Å². The van der Waals surface area contributed by atoms with E-state index in [4.69, 9.17) is 16.3 Å². The summed E-state index contributed by atoms with van der Waals surface area (Å²) in [6.45, 7) is 1.33. The zero-order chi connectivity index (χ0) is 19.6. The number of carbonyl (C=O) groups excluding carboxylic acids is 1. The van der Waals surface area contributed by atoms with Crippen molar-refractivity contribution in [2.24, 2.45) is 0 Å². The molecule has 144 valence electrons. The molecule has 0 aliphatic heterocycles. The Kier molecular flexibility index (Phi) is 7.33. The van der Waals surface area contributed by atoms with E-state index in [1.54, 1.807) is 0 Å². The summed E-state index contributed by atoms with van der Waals surface area (Å²) in [5.41, 5.74) is 3.10. The van der Waals surface area contributed by atoms with Gasteiger partial charge in [0.2, 0.25) is 5.91 Å². The van der Waals surface area contributed by atoms with Crippen molar-refractivity contribution in [1.82, 2.24) is 5.32 Å².